The Morgan fingerprint density at radius 2 is 0.889 bits per heavy atom. The first-order chi connectivity index (χ1) is 30.6. The average molecular weight is 883 g/mol. The largest absolute Gasteiger partial charge is 0.477 e. The molecule has 0 saturated carbocycles. The lowest BCUT2D eigenvalue weighted by molar-refractivity contribution is -0.887. The van der Waals surface area contributed by atoms with Crippen LogP contribution in [0.25, 0.3) is 0 Å². The minimum Gasteiger partial charge on any atom is -0.477 e. The summed E-state index contributed by atoms with van der Waals surface area (Å²) < 4.78 is 17.3. The van der Waals surface area contributed by atoms with Gasteiger partial charge >= 0.3 is 17.9 Å². The summed E-state index contributed by atoms with van der Waals surface area (Å²) >= 11 is 0. The first-order valence-corrected chi connectivity index (χ1v) is 25.5. The summed E-state index contributed by atoms with van der Waals surface area (Å²) in [5.74, 6) is -1.51. The first kappa shape index (κ1) is 59.8. The number of quaternary nitrogens is 1. The van der Waals surface area contributed by atoms with Gasteiger partial charge in [-0.15, -0.1) is 0 Å². The van der Waals surface area contributed by atoms with E-state index in [1.807, 2.05) is 57.6 Å². The second-order valence-corrected chi connectivity index (χ2v) is 18.2. The van der Waals surface area contributed by atoms with Crippen molar-refractivity contribution in [3.63, 3.8) is 0 Å². The second-order valence-electron chi connectivity index (χ2n) is 18.2. The lowest BCUT2D eigenvalue weighted by atomic mass is 10.1. The topological polar surface area (TPSA) is 99.1 Å². The number of carbonyl (C=O) groups excluding carboxylic acids is 2. The van der Waals surface area contributed by atoms with Gasteiger partial charge in [-0.25, -0.2) is 4.79 Å². The number of carbonyl (C=O) groups is 3. The van der Waals surface area contributed by atoms with Crippen molar-refractivity contribution in [1.82, 2.24) is 0 Å². The van der Waals surface area contributed by atoms with E-state index < -0.39 is 18.1 Å². The maximum Gasteiger partial charge on any atom is 0.362 e. The summed E-state index contributed by atoms with van der Waals surface area (Å²) in [5, 5.41) is 9.65. The van der Waals surface area contributed by atoms with Gasteiger partial charge in [0.05, 0.1) is 34.4 Å². The predicted molar refractivity (Wildman–Crippen MR) is 266 cm³/mol. The molecule has 0 radical (unpaired) electrons. The molecule has 2 unspecified atom stereocenters. The van der Waals surface area contributed by atoms with Crippen molar-refractivity contribution in [2.24, 2.45) is 0 Å². The highest BCUT2D eigenvalue weighted by atomic mass is 16.6. The molecule has 2 atom stereocenters. The van der Waals surface area contributed by atoms with Crippen molar-refractivity contribution < 1.29 is 38.2 Å². The maximum atomic E-state index is 12.8. The van der Waals surface area contributed by atoms with Crippen molar-refractivity contribution in [1.29, 1.82) is 0 Å². The quantitative estimate of drug-likeness (QED) is 0.0214. The van der Waals surface area contributed by atoms with Crippen LogP contribution in [0.3, 0.4) is 0 Å². The first-order valence-electron chi connectivity index (χ1n) is 25.5. The number of esters is 2. The van der Waals surface area contributed by atoms with Gasteiger partial charge in [-0.05, 0) is 57.8 Å². The number of hydrogen-bond donors (Lipinski definition) is 1. The minimum atomic E-state index is -0.882. The van der Waals surface area contributed by atoms with E-state index in [-0.39, 0.29) is 36.2 Å². The molecule has 0 saturated heterocycles. The molecule has 0 fully saturated rings. The molecule has 0 bridgehead atoms. The number of allylic oxidation sites excluding steroid dienone is 12. The molecule has 63 heavy (non-hydrogen) atoms. The van der Waals surface area contributed by atoms with Crippen LogP contribution >= 0.6 is 0 Å². The van der Waals surface area contributed by atoms with Crippen LogP contribution in [0.4, 0.5) is 0 Å². The fourth-order valence-electron chi connectivity index (χ4n) is 7.23. The zero-order chi connectivity index (χ0) is 46.3. The number of nitrogens with zero attached hydrogens (tertiary/aromatic N) is 1. The Labute approximate surface area is 387 Å². The molecule has 0 spiro atoms. The number of hydrogen-bond acceptors (Lipinski definition) is 6. The van der Waals surface area contributed by atoms with Crippen molar-refractivity contribution >= 4 is 17.9 Å². The molecule has 0 aromatic carbocycles. The average Bonchev–Trinajstić information content (AvgIpc) is 3.24. The Kier molecular flexibility index (Phi) is 43.0. The summed E-state index contributed by atoms with van der Waals surface area (Å²) in [5.41, 5.74) is 0. The molecular weight excluding hydrogens is 787 g/mol. The molecule has 8 nitrogen and oxygen atoms in total. The molecule has 0 aromatic heterocycles. The SMILES string of the molecule is CCC/C=C/C=C/C=C/C=C/C=C/CCCCCCCC(=O)OC(COCCC(C(=O)O)[N+](C)(C)C)COC(=O)CCCCCCCCC/C=C/CCCCCCCCCCCC. The summed E-state index contributed by atoms with van der Waals surface area (Å²) in [6, 6.07) is -0.624. The van der Waals surface area contributed by atoms with Crippen LogP contribution in [0, 0.1) is 0 Å². The van der Waals surface area contributed by atoms with Gasteiger partial charge in [0.1, 0.15) is 6.61 Å². The minimum absolute atomic E-state index is 0.0460. The fraction of sp³-hybridized carbons (Fsp3) is 0.727. The van der Waals surface area contributed by atoms with E-state index in [0.29, 0.717) is 19.3 Å². The van der Waals surface area contributed by atoms with Crippen molar-refractivity contribution in [2.45, 2.75) is 219 Å². The smallest absolute Gasteiger partial charge is 0.362 e. The van der Waals surface area contributed by atoms with Gasteiger partial charge in [-0.3, -0.25) is 9.59 Å². The summed E-state index contributed by atoms with van der Waals surface area (Å²) in [6.45, 7) is 4.63. The van der Waals surface area contributed by atoms with Gasteiger partial charge in [0, 0.05) is 19.3 Å². The molecule has 362 valence electrons. The lowest BCUT2D eigenvalue weighted by Crippen LogP contribution is -2.50. The van der Waals surface area contributed by atoms with Crippen molar-refractivity contribution in [3.8, 4) is 0 Å². The Morgan fingerprint density at radius 1 is 0.476 bits per heavy atom. The molecule has 8 heteroatoms. The maximum absolute atomic E-state index is 12.8. The molecule has 0 rings (SSSR count). The van der Waals surface area contributed by atoms with Crippen LogP contribution in [0.1, 0.15) is 206 Å². The zero-order valence-electron chi connectivity index (χ0n) is 41.3. The van der Waals surface area contributed by atoms with E-state index in [2.05, 4.69) is 50.3 Å². The predicted octanol–water partition coefficient (Wildman–Crippen LogP) is 14.7. The number of aliphatic carboxylic acids is 1. The Balaban J connectivity index is 4.31. The fourth-order valence-corrected chi connectivity index (χ4v) is 7.23. The molecule has 0 heterocycles. The van der Waals surface area contributed by atoms with Crippen LogP contribution < -0.4 is 0 Å². The normalized spacial score (nSPS) is 13.5. The monoisotopic (exact) mass is 883 g/mol. The van der Waals surface area contributed by atoms with Gasteiger partial charge in [-0.2, -0.15) is 0 Å². The number of likely N-dealkylation sites (N-methyl/N-ethyl adjacent to an activating group) is 1. The van der Waals surface area contributed by atoms with Crippen molar-refractivity contribution in [3.05, 3.63) is 72.9 Å². The number of ether oxygens (including phenoxy) is 3. The van der Waals surface area contributed by atoms with Gasteiger partial charge in [0.25, 0.3) is 0 Å². The van der Waals surface area contributed by atoms with Crippen LogP contribution in [0.5, 0.6) is 0 Å². The van der Waals surface area contributed by atoms with Crippen LogP contribution in [0.15, 0.2) is 72.9 Å². The standard InChI is InChI=1S/C55H95NO7/c1-6-8-10-12-14-16-18-20-22-24-26-27-28-30-31-33-35-37-39-41-43-45-53(57)62-50-51(49-61-48-47-52(55(59)60)56(3,4)5)63-54(58)46-44-42-40-38-36-34-32-29-25-23-21-19-17-15-13-11-9-7-2/h11,13,15,17,19,21,23,25,27-29,32,51-52H,6-10,12,14,16,18,20,22,24,26,30-31,33-50H2,1-5H3/p+1/b13-11+,17-15+,21-19+,25-23+,28-27+,32-29+. The van der Waals surface area contributed by atoms with Crippen LogP contribution in [-0.2, 0) is 28.6 Å². The molecule has 0 aromatic rings. The molecule has 0 amide bonds. The van der Waals surface area contributed by atoms with Gasteiger partial charge in [0.2, 0.25) is 0 Å². The highest BCUT2D eigenvalue weighted by molar-refractivity contribution is 5.72. The zero-order valence-corrected chi connectivity index (χ0v) is 41.3. The highest BCUT2D eigenvalue weighted by Crippen LogP contribution is 2.15. The number of rotatable bonds is 45. The Bertz CT molecular complexity index is 1260. The molecule has 1 N–H and O–H groups in total. The third kappa shape index (κ3) is 43.8. The third-order valence-corrected chi connectivity index (χ3v) is 11.2. The second kappa shape index (κ2) is 45.3. The van der Waals surface area contributed by atoms with E-state index in [0.717, 1.165) is 64.2 Å². The van der Waals surface area contributed by atoms with Crippen LogP contribution in [0.2, 0.25) is 0 Å². The highest BCUT2D eigenvalue weighted by Gasteiger charge is 2.31. The number of carboxylic acids is 1. The molecule has 0 aliphatic carbocycles. The van der Waals surface area contributed by atoms with E-state index in [1.165, 1.54) is 109 Å². The van der Waals surface area contributed by atoms with Crippen molar-refractivity contribution in [2.75, 3.05) is 41.0 Å². The Morgan fingerprint density at radius 3 is 1.35 bits per heavy atom. The summed E-state index contributed by atoms with van der Waals surface area (Å²) in [6.07, 6.45) is 58.0. The van der Waals surface area contributed by atoms with E-state index >= 15 is 0 Å². The number of carboxylic acid groups (broad SMARTS) is 1. The van der Waals surface area contributed by atoms with Gasteiger partial charge in [-0.1, -0.05) is 202 Å². The lowest BCUT2D eigenvalue weighted by Gasteiger charge is -2.31. The third-order valence-electron chi connectivity index (χ3n) is 11.2. The van der Waals surface area contributed by atoms with E-state index in [4.69, 9.17) is 14.2 Å². The van der Waals surface area contributed by atoms with Gasteiger partial charge in [0.15, 0.2) is 12.1 Å². The summed E-state index contributed by atoms with van der Waals surface area (Å²) in [7, 11) is 5.52. The molecular formula is C55H96NO7+. The number of unbranched alkanes of at least 4 members (excludes halogenated alkanes) is 23. The van der Waals surface area contributed by atoms with E-state index in [1.54, 1.807) is 0 Å². The van der Waals surface area contributed by atoms with Crippen LogP contribution in [-0.4, -0.2) is 80.6 Å². The summed E-state index contributed by atoms with van der Waals surface area (Å²) in [4.78, 5) is 37.1. The van der Waals surface area contributed by atoms with Gasteiger partial charge < -0.3 is 23.8 Å². The molecule has 0 aliphatic heterocycles. The van der Waals surface area contributed by atoms with E-state index in [9.17, 15) is 19.5 Å². The molecule has 0 aliphatic rings. The Hall–Kier alpha value is -3.23.